The number of hydrogen-bond acceptors (Lipinski definition) is 1. The van der Waals surface area contributed by atoms with Gasteiger partial charge in [-0.3, -0.25) is 4.79 Å². The Hall–Kier alpha value is -1.38. The molecule has 1 aromatic carbocycles. The molecule has 86 valence electrons. The number of nitrogens with zero attached hydrogens (tertiary/aromatic N) is 1. The van der Waals surface area contributed by atoms with Crippen molar-refractivity contribution in [1.82, 2.24) is 4.90 Å². The zero-order chi connectivity index (χ0) is 11.5. The molecule has 0 aromatic heterocycles. The molecule has 1 saturated heterocycles. The van der Waals surface area contributed by atoms with E-state index in [0.717, 1.165) is 19.4 Å². The number of carbonyl (C=O) groups excluding carboxylic acids is 1. The Balaban J connectivity index is 2.19. The van der Waals surface area contributed by atoms with Gasteiger partial charge < -0.3 is 4.90 Å². The average Bonchev–Trinajstić information content (AvgIpc) is 2.74. The molecular formula is C13H16FNO. The third kappa shape index (κ3) is 2.08. The predicted molar refractivity (Wildman–Crippen MR) is 61.0 cm³/mol. The number of hydrogen-bond donors (Lipinski definition) is 0. The molecule has 0 saturated carbocycles. The smallest absolute Gasteiger partial charge is 0.254 e. The maximum atomic E-state index is 12.5. The highest BCUT2D eigenvalue weighted by Gasteiger charge is 2.25. The second kappa shape index (κ2) is 4.64. The number of amides is 1. The number of likely N-dealkylation sites (tertiary alicyclic amines) is 1. The van der Waals surface area contributed by atoms with E-state index in [0.29, 0.717) is 17.2 Å². The van der Waals surface area contributed by atoms with Crippen LogP contribution in [0, 0.1) is 0 Å². The molecule has 1 heterocycles. The first kappa shape index (κ1) is 11.1. The Morgan fingerprint density at radius 2 is 2.38 bits per heavy atom. The third-order valence-corrected chi connectivity index (χ3v) is 3.14. The lowest BCUT2D eigenvalue weighted by molar-refractivity contribution is 0.0747. The summed E-state index contributed by atoms with van der Waals surface area (Å²) in [5.74, 6) is 0.0281. The first-order valence-corrected chi connectivity index (χ1v) is 5.68. The van der Waals surface area contributed by atoms with Crippen molar-refractivity contribution in [2.75, 3.05) is 6.54 Å². The Morgan fingerprint density at radius 1 is 1.56 bits per heavy atom. The normalized spacial score (nSPS) is 20.1. The highest BCUT2D eigenvalue weighted by atomic mass is 19.1. The van der Waals surface area contributed by atoms with Crippen LogP contribution in [0.4, 0.5) is 4.39 Å². The van der Waals surface area contributed by atoms with E-state index in [2.05, 4.69) is 6.92 Å². The third-order valence-electron chi connectivity index (χ3n) is 3.14. The maximum Gasteiger partial charge on any atom is 0.254 e. The Bertz CT molecular complexity index is 391. The molecule has 1 amide bonds. The highest BCUT2D eigenvalue weighted by molar-refractivity contribution is 5.94. The van der Waals surface area contributed by atoms with E-state index >= 15 is 0 Å². The van der Waals surface area contributed by atoms with Crippen LogP contribution >= 0.6 is 0 Å². The van der Waals surface area contributed by atoms with E-state index in [4.69, 9.17) is 0 Å². The van der Waals surface area contributed by atoms with Gasteiger partial charge in [-0.15, -0.1) is 0 Å². The minimum absolute atomic E-state index is 0.0281. The predicted octanol–water partition coefficient (Wildman–Crippen LogP) is 2.78. The minimum atomic E-state index is -0.517. The number of rotatable bonds is 2. The fraction of sp³-hybridized carbons (Fsp3) is 0.462. The van der Waals surface area contributed by atoms with Gasteiger partial charge >= 0.3 is 0 Å². The van der Waals surface area contributed by atoms with Crippen LogP contribution in [0.25, 0.3) is 0 Å². The summed E-state index contributed by atoms with van der Waals surface area (Å²) in [6.45, 7) is 2.36. The summed E-state index contributed by atoms with van der Waals surface area (Å²) in [4.78, 5) is 14.0. The Labute approximate surface area is 95.1 Å². The largest absolute Gasteiger partial charge is 0.336 e. The molecule has 1 fully saturated rings. The van der Waals surface area contributed by atoms with Gasteiger partial charge in [-0.1, -0.05) is 12.1 Å². The first-order valence-electron chi connectivity index (χ1n) is 5.68. The SMILES string of the molecule is CC1CCCN1C(=O)c1cccc(CF)c1. The molecule has 1 atom stereocenters. The van der Waals surface area contributed by atoms with Gasteiger partial charge in [0.05, 0.1) is 0 Å². The van der Waals surface area contributed by atoms with Gasteiger partial charge in [0.1, 0.15) is 6.67 Å². The molecule has 0 N–H and O–H groups in total. The lowest BCUT2D eigenvalue weighted by Gasteiger charge is -2.21. The molecule has 0 bridgehead atoms. The molecule has 16 heavy (non-hydrogen) atoms. The van der Waals surface area contributed by atoms with Gasteiger partial charge in [0, 0.05) is 18.2 Å². The van der Waals surface area contributed by atoms with Crippen LogP contribution in [0.15, 0.2) is 24.3 Å². The zero-order valence-electron chi connectivity index (χ0n) is 9.45. The lowest BCUT2D eigenvalue weighted by atomic mass is 10.1. The van der Waals surface area contributed by atoms with Crippen molar-refractivity contribution in [2.45, 2.75) is 32.5 Å². The molecule has 3 heteroatoms. The van der Waals surface area contributed by atoms with Crippen LogP contribution < -0.4 is 0 Å². The van der Waals surface area contributed by atoms with Crippen LogP contribution in [0.5, 0.6) is 0 Å². The second-order valence-corrected chi connectivity index (χ2v) is 4.32. The van der Waals surface area contributed by atoms with Gasteiger partial charge in [0.25, 0.3) is 5.91 Å². The van der Waals surface area contributed by atoms with Crippen molar-refractivity contribution in [2.24, 2.45) is 0 Å². The zero-order valence-corrected chi connectivity index (χ0v) is 9.45. The molecule has 1 aromatic rings. The van der Waals surface area contributed by atoms with E-state index < -0.39 is 6.67 Å². The number of benzene rings is 1. The van der Waals surface area contributed by atoms with Crippen LogP contribution in [0.3, 0.4) is 0 Å². The second-order valence-electron chi connectivity index (χ2n) is 4.32. The molecule has 0 aliphatic carbocycles. The minimum Gasteiger partial charge on any atom is -0.336 e. The molecule has 1 unspecified atom stereocenters. The molecule has 2 nitrogen and oxygen atoms in total. The first-order chi connectivity index (χ1) is 7.72. The van der Waals surface area contributed by atoms with Crippen LogP contribution in [-0.4, -0.2) is 23.4 Å². The number of halogens is 1. The number of alkyl halides is 1. The summed E-state index contributed by atoms with van der Waals surface area (Å²) in [7, 11) is 0. The van der Waals surface area contributed by atoms with Crippen LogP contribution in [-0.2, 0) is 6.67 Å². The average molecular weight is 221 g/mol. The van der Waals surface area contributed by atoms with E-state index in [1.54, 1.807) is 24.3 Å². The molecule has 1 aliphatic rings. The van der Waals surface area contributed by atoms with Gasteiger partial charge in [-0.2, -0.15) is 0 Å². The van der Waals surface area contributed by atoms with Gasteiger partial charge in [-0.05, 0) is 37.5 Å². The molecule has 0 spiro atoms. The standard InChI is InChI=1S/C13H16FNO/c1-10-4-3-7-15(10)13(16)12-6-2-5-11(8-12)9-14/h2,5-6,8,10H,3-4,7,9H2,1H3. The fourth-order valence-electron chi connectivity index (χ4n) is 2.19. The topological polar surface area (TPSA) is 20.3 Å². The van der Waals surface area contributed by atoms with E-state index in [9.17, 15) is 9.18 Å². The Kier molecular flexibility index (Phi) is 3.22. The monoisotopic (exact) mass is 221 g/mol. The van der Waals surface area contributed by atoms with Crippen molar-refractivity contribution < 1.29 is 9.18 Å². The van der Waals surface area contributed by atoms with Crippen molar-refractivity contribution in [1.29, 1.82) is 0 Å². The summed E-state index contributed by atoms with van der Waals surface area (Å²) in [5.41, 5.74) is 1.17. The van der Waals surface area contributed by atoms with Gasteiger partial charge in [0.2, 0.25) is 0 Å². The van der Waals surface area contributed by atoms with Crippen molar-refractivity contribution in [3.63, 3.8) is 0 Å². The maximum absolute atomic E-state index is 12.5. The van der Waals surface area contributed by atoms with Crippen molar-refractivity contribution in [3.8, 4) is 0 Å². The molecule has 1 aliphatic heterocycles. The molecule has 0 radical (unpaired) electrons. The lowest BCUT2D eigenvalue weighted by Crippen LogP contribution is -2.33. The quantitative estimate of drug-likeness (QED) is 0.752. The fourth-order valence-corrected chi connectivity index (χ4v) is 2.19. The molecular weight excluding hydrogens is 205 g/mol. The summed E-state index contributed by atoms with van der Waals surface area (Å²) in [5, 5.41) is 0. The summed E-state index contributed by atoms with van der Waals surface area (Å²) in [6, 6.07) is 7.15. The summed E-state index contributed by atoms with van der Waals surface area (Å²) < 4.78 is 12.5. The van der Waals surface area contributed by atoms with E-state index in [-0.39, 0.29) is 5.91 Å². The van der Waals surface area contributed by atoms with E-state index in [1.165, 1.54) is 0 Å². The Morgan fingerprint density at radius 3 is 3.00 bits per heavy atom. The summed E-state index contributed by atoms with van der Waals surface area (Å²) >= 11 is 0. The molecule has 2 rings (SSSR count). The number of carbonyl (C=O) groups is 1. The van der Waals surface area contributed by atoms with Crippen molar-refractivity contribution in [3.05, 3.63) is 35.4 Å². The van der Waals surface area contributed by atoms with Gasteiger partial charge in [0.15, 0.2) is 0 Å². The summed E-state index contributed by atoms with van der Waals surface area (Å²) in [6.07, 6.45) is 2.13. The van der Waals surface area contributed by atoms with Gasteiger partial charge in [-0.25, -0.2) is 4.39 Å². The van der Waals surface area contributed by atoms with Crippen LogP contribution in [0.2, 0.25) is 0 Å². The van der Waals surface area contributed by atoms with E-state index in [1.807, 2.05) is 4.90 Å². The highest BCUT2D eigenvalue weighted by Crippen LogP contribution is 2.20. The van der Waals surface area contributed by atoms with Crippen molar-refractivity contribution >= 4 is 5.91 Å². The van der Waals surface area contributed by atoms with Crippen LogP contribution in [0.1, 0.15) is 35.7 Å².